The van der Waals surface area contributed by atoms with Crippen molar-refractivity contribution in [2.75, 3.05) is 19.6 Å². The van der Waals surface area contributed by atoms with Crippen LogP contribution in [0.25, 0.3) is 6.08 Å². The van der Waals surface area contributed by atoms with E-state index in [1.54, 1.807) is 30.4 Å². The number of hydrogen-bond acceptors (Lipinski definition) is 10. The lowest BCUT2D eigenvalue weighted by Crippen LogP contribution is -2.54. The van der Waals surface area contributed by atoms with Crippen LogP contribution in [-0.2, 0) is 30.8 Å². The molecule has 1 aromatic heterocycles. The number of methoxy groups -OCH3 is 2. The van der Waals surface area contributed by atoms with E-state index in [2.05, 4.69) is 10.4 Å². The predicted octanol–water partition coefficient (Wildman–Crippen LogP) is 5.74. The van der Waals surface area contributed by atoms with Crippen LogP contribution in [0.3, 0.4) is 0 Å². The number of fused-ring (bicyclic) bond motifs is 4. The number of likely N-dealkylation sites (tertiary alicyclic amines) is 1. The van der Waals surface area contributed by atoms with Crippen molar-refractivity contribution >= 4 is 64.8 Å². The van der Waals surface area contributed by atoms with Crippen molar-refractivity contribution < 1.29 is 51.7 Å². The summed E-state index contributed by atoms with van der Waals surface area (Å²) >= 11 is 12.5. The normalized spacial score (nSPS) is 26.2. The van der Waals surface area contributed by atoms with Crippen molar-refractivity contribution in [3.8, 4) is 17.2 Å². The molecule has 0 spiro atoms. The second-order valence-corrected chi connectivity index (χ2v) is 14.3. The predicted molar refractivity (Wildman–Crippen MR) is 189 cm³/mol. The molecule has 13 nitrogen and oxygen atoms in total. The third kappa shape index (κ3) is 5.85. The van der Waals surface area contributed by atoms with Crippen molar-refractivity contribution in [1.82, 2.24) is 14.9 Å². The minimum atomic E-state index is -4.78. The number of benzene rings is 2. The number of hydrazine groups is 1. The van der Waals surface area contributed by atoms with Crippen LogP contribution in [0.1, 0.15) is 29.5 Å². The molecule has 2 aliphatic heterocycles. The highest BCUT2D eigenvalue weighted by atomic mass is 35.5. The molecular formula is C37H30Cl2F3N5O8. The molecular weight excluding hydrogens is 770 g/mol. The molecule has 6 amide bonds. The average Bonchev–Trinajstić information content (AvgIpc) is 3.52. The van der Waals surface area contributed by atoms with Gasteiger partial charge in [-0.15, -0.1) is 0 Å². The number of carbonyl (C=O) groups is 5. The van der Waals surface area contributed by atoms with Crippen LogP contribution in [0.15, 0.2) is 66.4 Å². The average molecular weight is 801 g/mol. The summed E-state index contributed by atoms with van der Waals surface area (Å²) in [4.78, 5) is 73.4. The van der Waals surface area contributed by atoms with Crippen LogP contribution in [0, 0.1) is 29.6 Å². The van der Waals surface area contributed by atoms with Gasteiger partial charge in [0.15, 0.2) is 17.3 Å². The molecule has 6 unspecified atom stereocenters. The number of phenols is 1. The van der Waals surface area contributed by atoms with Gasteiger partial charge in [-0.25, -0.2) is 9.78 Å². The number of nitrogens with zero attached hydrogens (tertiary/aromatic N) is 3. The van der Waals surface area contributed by atoms with Crippen molar-refractivity contribution in [2.24, 2.45) is 35.3 Å². The van der Waals surface area contributed by atoms with Crippen molar-refractivity contribution in [3.05, 3.63) is 93.1 Å². The second-order valence-electron chi connectivity index (χ2n) is 13.4. The smallest absolute Gasteiger partial charge is 0.417 e. The molecule has 18 heteroatoms. The Hall–Kier alpha value is -5.61. The molecule has 3 aromatic rings. The van der Waals surface area contributed by atoms with Crippen LogP contribution in [0.5, 0.6) is 17.2 Å². The SMILES string of the molecule is COc1cc(C=CC2C3=CCC4C(=O)N(C(N)=O)C(=O)C4C3CC3C(=O)N(Nc4ncc(C(F)(F)F)cc4Cl)C(=O)C23c2ccc(Cl)cc2)cc(OC)c1O. The largest absolute Gasteiger partial charge is 0.502 e. The molecule has 7 rings (SSSR count). The number of aromatic nitrogens is 1. The zero-order valence-electron chi connectivity index (χ0n) is 28.8. The summed E-state index contributed by atoms with van der Waals surface area (Å²) in [5, 5.41) is 11.0. The number of pyridine rings is 1. The number of halogens is 5. The molecule has 0 bridgehead atoms. The van der Waals surface area contributed by atoms with Gasteiger partial charge in [0.1, 0.15) is 0 Å². The van der Waals surface area contributed by atoms with E-state index in [4.69, 9.17) is 38.4 Å². The summed E-state index contributed by atoms with van der Waals surface area (Å²) in [6.45, 7) is 0. The molecule has 3 fully saturated rings. The highest BCUT2D eigenvalue weighted by molar-refractivity contribution is 6.33. The Kier molecular flexibility index (Phi) is 9.32. The Balaban J connectivity index is 1.43. The number of anilines is 1. The fraction of sp³-hybridized carbons (Fsp3) is 0.297. The topological polar surface area (TPSA) is 181 Å². The van der Waals surface area contributed by atoms with E-state index >= 15 is 4.79 Å². The Bertz CT molecular complexity index is 2210. The number of allylic oxidation sites excluding steroid dienone is 3. The first-order chi connectivity index (χ1) is 26.0. The van der Waals surface area contributed by atoms with E-state index in [1.165, 1.54) is 38.5 Å². The Morgan fingerprint density at radius 2 is 1.67 bits per heavy atom. The number of urea groups is 1. The van der Waals surface area contributed by atoms with Crippen LogP contribution < -0.4 is 20.6 Å². The van der Waals surface area contributed by atoms with Crippen LogP contribution in [-0.4, -0.2) is 63.9 Å². The molecule has 2 aromatic carbocycles. The van der Waals surface area contributed by atoms with E-state index in [1.807, 2.05) is 0 Å². The van der Waals surface area contributed by atoms with Gasteiger partial charge in [-0.1, -0.05) is 59.1 Å². The minimum Gasteiger partial charge on any atom is -0.502 e. The maximum absolute atomic E-state index is 15.2. The lowest BCUT2D eigenvalue weighted by molar-refractivity contribution is -0.140. The number of ether oxygens (including phenoxy) is 2. The molecule has 3 heterocycles. The monoisotopic (exact) mass is 799 g/mol. The van der Waals surface area contributed by atoms with Crippen LogP contribution in [0.4, 0.5) is 23.8 Å². The fourth-order valence-electron chi connectivity index (χ4n) is 8.46. The maximum atomic E-state index is 15.2. The van der Waals surface area contributed by atoms with E-state index < -0.39 is 87.2 Å². The third-order valence-corrected chi connectivity index (χ3v) is 11.4. The van der Waals surface area contributed by atoms with Crippen LogP contribution >= 0.6 is 23.2 Å². The number of amides is 6. The summed E-state index contributed by atoms with van der Waals surface area (Å²) in [6.07, 6.45) is 0.549. The second kappa shape index (κ2) is 13.6. The molecule has 2 saturated heterocycles. The Labute approximate surface area is 320 Å². The molecule has 1 saturated carbocycles. The van der Waals surface area contributed by atoms with Gasteiger partial charge in [0, 0.05) is 17.1 Å². The van der Waals surface area contributed by atoms with Crippen molar-refractivity contribution in [3.63, 3.8) is 0 Å². The lowest BCUT2D eigenvalue weighted by atomic mass is 9.50. The van der Waals surface area contributed by atoms with E-state index in [9.17, 15) is 37.5 Å². The minimum absolute atomic E-state index is 0.00654. The fourth-order valence-corrected chi connectivity index (χ4v) is 8.80. The van der Waals surface area contributed by atoms with Gasteiger partial charge in [0.2, 0.25) is 17.6 Å². The number of hydrogen-bond donors (Lipinski definition) is 3. The number of alkyl halides is 3. The van der Waals surface area contributed by atoms with Gasteiger partial charge in [-0.2, -0.15) is 23.1 Å². The standard InChI is InChI=1S/C37H30Cl2F3N5O8/c1-54-26-11-16(12-27(55-2)29(26)48)3-10-23-20-8-9-21-28(33(51)46(31(21)49)35(43)53)22(20)14-24-32(50)47(34(52)36(23,24)17-4-6-19(38)7-5-17)45-30-25(39)13-18(15-44-30)37(40,41)42/h3-8,10-13,15,21-24,28,48H,9,14H2,1-2H3,(H2,43,53)(H,44,45). The van der Waals surface area contributed by atoms with Gasteiger partial charge in [0.05, 0.1) is 48.0 Å². The Morgan fingerprint density at radius 1 is 1.02 bits per heavy atom. The van der Waals surface area contributed by atoms with E-state index in [-0.39, 0.29) is 30.1 Å². The zero-order chi connectivity index (χ0) is 39.7. The number of phenolic OH excluding ortho intramolecular Hbond substituents is 1. The highest BCUT2D eigenvalue weighted by Gasteiger charge is 2.70. The van der Waals surface area contributed by atoms with Crippen molar-refractivity contribution in [2.45, 2.75) is 24.4 Å². The number of rotatable bonds is 7. The molecule has 286 valence electrons. The molecule has 4 N–H and O–H groups in total. The highest BCUT2D eigenvalue weighted by Crippen LogP contribution is 2.61. The van der Waals surface area contributed by atoms with Crippen LogP contribution in [0.2, 0.25) is 10.0 Å². The van der Waals surface area contributed by atoms with Gasteiger partial charge in [0.25, 0.3) is 11.8 Å². The zero-order valence-corrected chi connectivity index (χ0v) is 30.3. The third-order valence-electron chi connectivity index (χ3n) is 10.8. The number of carbonyl (C=O) groups excluding carboxylic acids is 5. The summed E-state index contributed by atoms with van der Waals surface area (Å²) in [6, 6.07) is 8.58. The van der Waals surface area contributed by atoms with Gasteiger partial charge < -0.3 is 20.3 Å². The number of primary amides is 1. The number of nitrogens with one attached hydrogen (secondary N) is 1. The number of nitrogens with two attached hydrogens (primary N) is 1. The first kappa shape index (κ1) is 37.7. The molecule has 2 aliphatic carbocycles. The first-order valence-electron chi connectivity index (χ1n) is 16.7. The maximum Gasteiger partial charge on any atom is 0.417 e. The lowest BCUT2D eigenvalue weighted by Gasteiger charge is -2.49. The van der Waals surface area contributed by atoms with Gasteiger partial charge in [-0.05, 0) is 60.2 Å². The molecule has 4 aliphatic rings. The molecule has 55 heavy (non-hydrogen) atoms. The Morgan fingerprint density at radius 3 is 2.25 bits per heavy atom. The van der Waals surface area contributed by atoms with Gasteiger partial charge in [-0.3, -0.25) is 24.6 Å². The van der Waals surface area contributed by atoms with E-state index in [0.29, 0.717) is 43.9 Å². The molecule has 0 radical (unpaired) electrons. The van der Waals surface area contributed by atoms with Gasteiger partial charge >= 0.3 is 12.2 Å². The summed E-state index contributed by atoms with van der Waals surface area (Å²) in [5.74, 6) is -9.06. The van der Waals surface area contributed by atoms with E-state index in [0.717, 1.165) is 0 Å². The van der Waals surface area contributed by atoms with Crippen molar-refractivity contribution in [1.29, 1.82) is 0 Å². The summed E-state index contributed by atoms with van der Waals surface area (Å²) in [7, 11) is 2.68. The first-order valence-corrected chi connectivity index (χ1v) is 17.4. The summed E-state index contributed by atoms with van der Waals surface area (Å²) in [5.41, 5.74) is 6.33. The number of imide groups is 4. The molecule has 6 atom stereocenters. The quantitative estimate of drug-likeness (QED) is 0.197. The summed E-state index contributed by atoms with van der Waals surface area (Å²) < 4.78 is 51.0. The number of aromatic hydroxyl groups is 1.